The van der Waals surface area contributed by atoms with Gasteiger partial charge in [0.2, 0.25) is 0 Å². The minimum absolute atomic E-state index is 0.864. The zero-order valence-corrected chi connectivity index (χ0v) is 20.1. The minimum Gasteiger partial charge on any atom is -0.0839 e. The van der Waals surface area contributed by atoms with Crippen LogP contribution < -0.4 is 0 Å². The Labute approximate surface area is 183 Å². The topological polar surface area (TPSA) is 0 Å². The van der Waals surface area contributed by atoms with Crippen molar-refractivity contribution in [3.05, 3.63) is 41.5 Å². The quantitative estimate of drug-likeness (QED) is 0.203. The number of unbranched alkanes of at least 4 members (excludes halogenated alkanes) is 12. The molecule has 0 bridgehead atoms. The van der Waals surface area contributed by atoms with E-state index in [9.17, 15) is 0 Å². The molecule has 0 aliphatic heterocycles. The van der Waals surface area contributed by atoms with Crippen molar-refractivity contribution < 1.29 is 0 Å². The van der Waals surface area contributed by atoms with Gasteiger partial charge in [-0.1, -0.05) is 141 Å². The van der Waals surface area contributed by atoms with Crippen LogP contribution in [0.2, 0.25) is 0 Å². The lowest BCUT2D eigenvalue weighted by Gasteiger charge is -2.11. The zero-order chi connectivity index (χ0) is 21.0. The summed E-state index contributed by atoms with van der Waals surface area (Å²) in [5.74, 6) is 0.864. The molecule has 1 aromatic rings. The fourth-order valence-electron chi connectivity index (χ4n) is 4.06. The van der Waals surface area contributed by atoms with Crippen LogP contribution in [0.25, 0.3) is 6.08 Å². The molecule has 1 atom stereocenters. The minimum atomic E-state index is 0.864. The summed E-state index contributed by atoms with van der Waals surface area (Å²) in [6.07, 6.45) is 28.1. The monoisotopic (exact) mass is 398 g/mol. The van der Waals surface area contributed by atoms with Gasteiger partial charge in [-0.3, -0.25) is 0 Å². The number of benzene rings is 1. The van der Waals surface area contributed by atoms with Gasteiger partial charge in [-0.15, -0.1) is 0 Å². The Morgan fingerprint density at radius 1 is 0.655 bits per heavy atom. The third kappa shape index (κ3) is 15.5. The first-order valence-corrected chi connectivity index (χ1v) is 13.0. The smallest absolute Gasteiger partial charge is 0.0260 e. The average molecular weight is 399 g/mol. The summed E-state index contributed by atoms with van der Waals surface area (Å²) in [6.45, 7) is 7.02. The number of hydrogen-bond acceptors (Lipinski definition) is 0. The predicted octanol–water partition coefficient (Wildman–Crippen LogP) is 10.2. The van der Waals surface area contributed by atoms with Crippen molar-refractivity contribution in [2.24, 2.45) is 5.92 Å². The second kappa shape index (κ2) is 19.0. The van der Waals surface area contributed by atoms with Gasteiger partial charge in [-0.2, -0.15) is 0 Å². The molecule has 0 saturated heterocycles. The molecule has 166 valence electrons. The normalized spacial score (nSPS) is 12.7. The van der Waals surface area contributed by atoms with Crippen LogP contribution in [0, 0.1) is 5.92 Å². The molecule has 1 aromatic carbocycles. The maximum absolute atomic E-state index is 2.44. The maximum Gasteiger partial charge on any atom is -0.0260 e. The van der Waals surface area contributed by atoms with Crippen LogP contribution in [0.1, 0.15) is 135 Å². The van der Waals surface area contributed by atoms with E-state index in [2.05, 4.69) is 57.2 Å². The fourth-order valence-corrected chi connectivity index (χ4v) is 4.06. The molecule has 0 aliphatic rings. The molecule has 0 N–H and O–H groups in total. The molecule has 0 spiro atoms. The Hall–Kier alpha value is -1.04. The van der Waals surface area contributed by atoms with Crippen LogP contribution in [0.15, 0.2) is 30.3 Å². The summed E-state index contributed by atoms with van der Waals surface area (Å²) in [6, 6.07) is 9.28. The molecule has 0 nitrogen and oxygen atoms in total. The van der Waals surface area contributed by atoms with Crippen molar-refractivity contribution >= 4 is 6.08 Å². The van der Waals surface area contributed by atoms with Gasteiger partial charge in [0.25, 0.3) is 0 Å². The van der Waals surface area contributed by atoms with Gasteiger partial charge < -0.3 is 0 Å². The third-order valence-electron chi connectivity index (χ3n) is 6.24. The fraction of sp³-hybridized carbons (Fsp3) is 0.724. The second-order valence-corrected chi connectivity index (χ2v) is 9.25. The lowest BCUT2D eigenvalue weighted by molar-refractivity contribution is 0.456. The van der Waals surface area contributed by atoms with Gasteiger partial charge in [-0.05, 0) is 42.7 Å². The van der Waals surface area contributed by atoms with E-state index in [-0.39, 0.29) is 0 Å². The van der Waals surface area contributed by atoms with E-state index in [1.165, 1.54) is 120 Å². The van der Waals surface area contributed by atoms with E-state index in [0.717, 1.165) is 5.92 Å². The molecular formula is C29H50. The first-order valence-electron chi connectivity index (χ1n) is 13.0. The van der Waals surface area contributed by atoms with Gasteiger partial charge in [0.15, 0.2) is 0 Å². The molecule has 0 saturated carbocycles. The van der Waals surface area contributed by atoms with E-state index in [1.807, 2.05) is 0 Å². The molecule has 1 rings (SSSR count). The van der Waals surface area contributed by atoms with Crippen molar-refractivity contribution in [3.63, 3.8) is 0 Å². The van der Waals surface area contributed by atoms with E-state index in [1.54, 1.807) is 0 Å². The van der Waals surface area contributed by atoms with Crippen LogP contribution in [0.3, 0.4) is 0 Å². The van der Waals surface area contributed by atoms with E-state index in [0.29, 0.717) is 0 Å². The highest BCUT2D eigenvalue weighted by Crippen LogP contribution is 2.18. The summed E-state index contributed by atoms with van der Waals surface area (Å²) in [4.78, 5) is 0. The van der Waals surface area contributed by atoms with Crippen LogP contribution in [0.5, 0.6) is 0 Å². The molecule has 0 fully saturated rings. The first kappa shape index (κ1) is 26.0. The molecule has 0 aliphatic carbocycles. The van der Waals surface area contributed by atoms with Crippen LogP contribution >= 0.6 is 0 Å². The zero-order valence-electron chi connectivity index (χ0n) is 20.1. The van der Waals surface area contributed by atoms with Crippen molar-refractivity contribution in [1.29, 1.82) is 0 Å². The lowest BCUT2D eigenvalue weighted by Crippen LogP contribution is -1.98. The van der Waals surface area contributed by atoms with Crippen molar-refractivity contribution in [1.82, 2.24) is 0 Å². The van der Waals surface area contributed by atoms with Gasteiger partial charge in [0.05, 0.1) is 0 Å². The number of rotatable bonds is 19. The Balaban J connectivity index is 2.09. The molecule has 0 aromatic heterocycles. The van der Waals surface area contributed by atoms with Crippen LogP contribution in [-0.2, 0) is 6.42 Å². The predicted molar refractivity (Wildman–Crippen MR) is 134 cm³/mol. The van der Waals surface area contributed by atoms with Crippen molar-refractivity contribution in [2.75, 3.05) is 0 Å². The second-order valence-electron chi connectivity index (χ2n) is 9.25. The number of aryl methyl sites for hydroxylation is 1. The Morgan fingerprint density at radius 3 is 1.83 bits per heavy atom. The van der Waals surface area contributed by atoms with Gasteiger partial charge in [-0.25, -0.2) is 0 Å². The molecule has 0 radical (unpaired) electrons. The van der Waals surface area contributed by atoms with E-state index in [4.69, 9.17) is 0 Å². The van der Waals surface area contributed by atoms with Crippen LogP contribution in [0.4, 0.5) is 0 Å². The number of hydrogen-bond donors (Lipinski definition) is 0. The highest BCUT2D eigenvalue weighted by atomic mass is 14.1. The lowest BCUT2D eigenvalue weighted by atomic mass is 9.95. The van der Waals surface area contributed by atoms with Crippen molar-refractivity contribution in [3.8, 4) is 0 Å². The van der Waals surface area contributed by atoms with Gasteiger partial charge in [0, 0.05) is 0 Å². The molecule has 1 unspecified atom stereocenters. The molecule has 0 heteroatoms. The Morgan fingerprint density at radius 2 is 1.21 bits per heavy atom. The molecular weight excluding hydrogens is 348 g/mol. The summed E-state index contributed by atoms with van der Waals surface area (Å²) >= 11 is 0. The van der Waals surface area contributed by atoms with E-state index >= 15 is 0 Å². The SMILES string of the molecule is CCCCCCCCCC=Cc1ccc(CCC(C)CCCCCCCC)cc1. The maximum atomic E-state index is 2.44. The molecule has 0 heterocycles. The van der Waals surface area contributed by atoms with Gasteiger partial charge in [0.1, 0.15) is 0 Å². The van der Waals surface area contributed by atoms with Crippen molar-refractivity contribution in [2.45, 2.75) is 130 Å². The standard InChI is InChI=1S/C29H50/c1-4-6-8-10-12-13-14-16-18-20-28-23-25-29(26-24-28)22-21-27(3)19-17-15-11-9-7-5-2/h18,20,23-27H,4-17,19,21-22H2,1-3H3. The summed E-state index contributed by atoms with van der Waals surface area (Å²) in [7, 11) is 0. The Kier molecular flexibility index (Phi) is 17.0. The van der Waals surface area contributed by atoms with Crippen LogP contribution in [-0.4, -0.2) is 0 Å². The number of allylic oxidation sites excluding steroid dienone is 1. The highest BCUT2D eigenvalue weighted by Gasteiger charge is 2.03. The first-order chi connectivity index (χ1) is 14.3. The summed E-state index contributed by atoms with van der Waals surface area (Å²) < 4.78 is 0. The molecule has 0 amide bonds. The summed E-state index contributed by atoms with van der Waals surface area (Å²) in [5, 5.41) is 0. The summed E-state index contributed by atoms with van der Waals surface area (Å²) in [5.41, 5.74) is 2.86. The Bertz CT molecular complexity index is 481. The average Bonchev–Trinajstić information content (AvgIpc) is 2.74. The van der Waals surface area contributed by atoms with Gasteiger partial charge >= 0.3 is 0 Å². The highest BCUT2D eigenvalue weighted by molar-refractivity contribution is 5.49. The largest absolute Gasteiger partial charge is 0.0839 e. The van der Waals surface area contributed by atoms with E-state index < -0.39 is 0 Å². The molecule has 29 heavy (non-hydrogen) atoms. The third-order valence-corrected chi connectivity index (χ3v) is 6.24.